The van der Waals surface area contributed by atoms with E-state index >= 15 is 0 Å². The van der Waals surface area contributed by atoms with E-state index < -0.39 is 18.0 Å². The Hall–Kier alpha value is -1.76. The molecular formula is C12H15BrN2O4. The van der Waals surface area contributed by atoms with Crippen LogP contribution in [0.5, 0.6) is 5.75 Å². The maximum Gasteiger partial charge on any atom is 0.326 e. The second-order valence-electron chi connectivity index (χ2n) is 3.74. The van der Waals surface area contributed by atoms with Gasteiger partial charge in [0.05, 0.1) is 12.8 Å². The first kappa shape index (κ1) is 15.3. The fourth-order valence-electron chi connectivity index (χ4n) is 1.43. The lowest BCUT2D eigenvalue weighted by Crippen LogP contribution is -2.42. The summed E-state index contributed by atoms with van der Waals surface area (Å²) in [5, 5.41) is 13.8. The maximum absolute atomic E-state index is 11.7. The highest BCUT2D eigenvalue weighted by Crippen LogP contribution is 2.27. The first-order valence-electron chi connectivity index (χ1n) is 5.61. The van der Waals surface area contributed by atoms with Gasteiger partial charge in [0.25, 0.3) is 0 Å². The number of urea groups is 1. The number of halogens is 1. The van der Waals surface area contributed by atoms with E-state index in [0.717, 1.165) is 4.47 Å². The number of methoxy groups -OCH3 is 1. The van der Waals surface area contributed by atoms with Gasteiger partial charge < -0.3 is 20.5 Å². The van der Waals surface area contributed by atoms with Gasteiger partial charge in [-0.05, 0) is 24.6 Å². The predicted molar refractivity (Wildman–Crippen MR) is 74.6 cm³/mol. The molecule has 0 aliphatic rings. The van der Waals surface area contributed by atoms with E-state index in [1.807, 2.05) is 0 Å². The summed E-state index contributed by atoms with van der Waals surface area (Å²) >= 11 is 3.28. The molecule has 0 aromatic heterocycles. The van der Waals surface area contributed by atoms with Crippen molar-refractivity contribution in [3.8, 4) is 5.75 Å². The third-order valence-corrected chi connectivity index (χ3v) is 2.91. The van der Waals surface area contributed by atoms with Crippen molar-refractivity contribution in [2.75, 3.05) is 12.4 Å². The number of nitrogens with one attached hydrogen (secondary N) is 2. The van der Waals surface area contributed by atoms with Gasteiger partial charge in [0.2, 0.25) is 0 Å². The molecule has 0 saturated heterocycles. The summed E-state index contributed by atoms with van der Waals surface area (Å²) in [6.45, 7) is 1.68. The van der Waals surface area contributed by atoms with Crippen LogP contribution in [0.15, 0.2) is 22.7 Å². The van der Waals surface area contributed by atoms with E-state index in [4.69, 9.17) is 9.84 Å². The summed E-state index contributed by atoms with van der Waals surface area (Å²) in [7, 11) is 1.48. The number of benzene rings is 1. The smallest absolute Gasteiger partial charge is 0.326 e. The van der Waals surface area contributed by atoms with Crippen molar-refractivity contribution in [2.24, 2.45) is 0 Å². The van der Waals surface area contributed by atoms with E-state index in [1.54, 1.807) is 25.1 Å². The first-order valence-corrected chi connectivity index (χ1v) is 6.41. The van der Waals surface area contributed by atoms with Gasteiger partial charge in [-0.25, -0.2) is 9.59 Å². The molecule has 1 unspecified atom stereocenters. The molecule has 1 rings (SSSR count). The van der Waals surface area contributed by atoms with Crippen molar-refractivity contribution in [2.45, 2.75) is 19.4 Å². The van der Waals surface area contributed by atoms with Crippen LogP contribution in [0.2, 0.25) is 0 Å². The van der Waals surface area contributed by atoms with Gasteiger partial charge in [-0.15, -0.1) is 0 Å². The summed E-state index contributed by atoms with van der Waals surface area (Å²) < 4.78 is 5.87. The largest absolute Gasteiger partial charge is 0.495 e. The van der Waals surface area contributed by atoms with Crippen LogP contribution in [0.3, 0.4) is 0 Å². The van der Waals surface area contributed by atoms with Crippen LogP contribution in [0.4, 0.5) is 10.5 Å². The number of hydrogen-bond donors (Lipinski definition) is 3. The topological polar surface area (TPSA) is 87.7 Å². The lowest BCUT2D eigenvalue weighted by Gasteiger charge is -2.15. The summed E-state index contributed by atoms with van der Waals surface area (Å²) in [6.07, 6.45) is 0.304. The Morgan fingerprint density at radius 2 is 2.16 bits per heavy atom. The van der Waals surface area contributed by atoms with E-state index in [0.29, 0.717) is 17.9 Å². The van der Waals surface area contributed by atoms with E-state index in [2.05, 4.69) is 26.6 Å². The Morgan fingerprint density at radius 3 is 2.68 bits per heavy atom. The standard InChI is InChI=1S/C12H15BrN2O4/c1-3-8(11(16)17)14-12(18)15-9-6-7(13)4-5-10(9)19-2/h4-6,8H,3H2,1-2H3,(H,16,17)(H2,14,15,18). The molecule has 0 fully saturated rings. The van der Waals surface area contributed by atoms with Gasteiger partial charge in [-0.1, -0.05) is 22.9 Å². The number of carboxylic acids is 1. The number of ether oxygens (including phenoxy) is 1. The molecule has 1 aromatic rings. The molecule has 0 bridgehead atoms. The van der Waals surface area contributed by atoms with Crippen molar-refractivity contribution >= 4 is 33.6 Å². The molecule has 0 heterocycles. The fraction of sp³-hybridized carbons (Fsp3) is 0.333. The van der Waals surface area contributed by atoms with Crippen molar-refractivity contribution in [3.05, 3.63) is 22.7 Å². The minimum Gasteiger partial charge on any atom is -0.495 e. The van der Waals surface area contributed by atoms with E-state index in [1.165, 1.54) is 7.11 Å². The number of aliphatic carboxylic acids is 1. The van der Waals surface area contributed by atoms with Crippen LogP contribution in [-0.2, 0) is 4.79 Å². The van der Waals surface area contributed by atoms with Crippen LogP contribution in [0.1, 0.15) is 13.3 Å². The summed E-state index contributed by atoms with van der Waals surface area (Å²) in [5.41, 5.74) is 0.453. The zero-order chi connectivity index (χ0) is 14.4. The third kappa shape index (κ3) is 4.44. The predicted octanol–water partition coefficient (Wildman–Crippen LogP) is 2.44. The lowest BCUT2D eigenvalue weighted by molar-refractivity contribution is -0.139. The Morgan fingerprint density at radius 1 is 1.47 bits per heavy atom. The summed E-state index contributed by atoms with van der Waals surface area (Å²) in [4.78, 5) is 22.5. The molecule has 0 radical (unpaired) electrons. The summed E-state index contributed by atoms with van der Waals surface area (Å²) in [5.74, 6) is -0.583. The fourth-order valence-corrected chi connectivity index (χ4v) is 1.79. The van der Waals surface area contributed by atoms with E-state index in [9.17, 15) is 9.59 Å². The van der Waals surface area contributed by atoms with Crippen LogP contribution in [0, 0.1) is 0 Å². The Bertz CT molecular complexity index is 479. The van der Waals surface area contributed by atoms with Crippen LogP contribution >= 0.6 is 15.9 Å². The summed E-state index contributed by atoms with van der Waals surface area (Å²) in [6, 6.07) is 3.62. The minimum absolute atomic E-state index is 0.304. The van der Waals surface area contributed by atoms with Gasteiger partial charge in [-0.2, -0.15) is 0 Å². The SMILES string of the molecule is CCC(NC(=O)Nc1cc(Br)ccc1OC)C(=O)O. The molecule has 104 valence electrons. The number of amides is 2. The Kier molecular flexibility index (Phi) is 5.62. The van der Waals surface area contributed by atoms with Gasteiger partial charge in [0.1, 0.15) is 11.8 Å². The molecule has 3 N–H and O–H groups in total. The third-order valence-electron chi connectivity index (χ3n) is 2.42. The van der Waals surface area contributed by atoms with Crippen molar-refractivity contribution < 1.29 is 19.4 Å². The molecule has 19 heavy (non-hydrogen) atoms. The molecule has 1 aromatic carbocycles. The monoisotopic (exact) mass is 330 g/mol. The molecule has 1 atom stereocenters. The Balaban J connectivity index is 2.76. The second-order valence-corrected chi connectivity index (χ2v) is 4.66. The van der Waals surface area contributed by atoms with Crippen molar-refractivity contribution in [1.82, 2.24) is 5.32 Å². The van der Waals surface area contributed by atoms with Gasteiger partial charge in [0, 0.05) is 4.47 Å². The molecule has 0 spiro atoms. The molecule has 2 amide bonds. The Labute approximate surface area is 119 Å². The maximum atomic E-state index is 11.7. The minimum atomic E-state index is -1.07. The van der Waals surface area contributed by atoms with E-state index in [-0.39, 0.29) is 0 Å². The molecule has 0 saturated carbocycles. The van der Waals surface area contributed by atoms with Crippen LogP contribution in [0.25, 0.3) is 0 Å². The van der Waals surface area contributed by atoms with Gasteiger partial charge >= 0.3 is 12.0 Å². The highest BCUT2D eigenvalue weighted by Gasteiger charge is 2.18. The van der Waals surface area contributed by atoms with Crippen molar-refractivity contribution in [1.29, 1.82) is 0 Å². The normalized spacial score (nSPS) is 11.5. The number of anilines is 1. The zero-order valence-corrected chi connectivity index (χ0v) is 12.2. The van der Waals surface area contributed by atoms with Gasteiger partial charge in [0.15, 0.2) is 0 Å². The lowest BCUT2D eigenvalue weighted by atomic mass is 10.2. The van der Waals surface area contributed by atoms with Crippen LogP contribution < -0.4 is 15.4 Å². The van der Waals surface area contributed by atoms with Gasteiger partial charge in [-0.3, -0.25) is 0 Å². The highest BCUT2D eigenvalue weighted by molar-refractivity contribution is 9.10. The second kappa shape index (κ2) is 6.98. The number of carboxylic acid groups (broad SMARTS) is 1. The molecular weight excluding hydrogens is 316 g/mol. The van der Waals surface area contributed by atoms with Crippen molar-refractivity contribution in [3.63, 3.8) is 0 Å². The number of hydrogen-bond acceptors (Lipinski definition) is 3. The number of carbonyl (C=O) groups is 2. The average Bonchev–Trinajstić information content (AvgIpc) is 2.35. The molecule has 6 nitrogen and oxygen atoms in total. The first-order chi connectivity index (χ1) is 8.97. The number of rotatable bonds is 5. The molecule has 7 heteroatoms. The molecule has 0 aliphatic carbocycles. The highest BCUT2D eigenvalue weighted by atomic mass is 79.9. The van der Waals surface area contributed by atoms with Crippen LogP contribution in [-0.4, -0.2) is 30.3 Å². The average molecular weight is 331 g/mol. The number of carbonyl (C=O) groups excluding carboxylic acids is 1. The molecule has 0 aliphatic heterocycles. The zero-order valence-electron chi connectivity index (χ0n) is 10.6. The quantitative estimate of drug-likeness (QED) is 0.773.